The van der Waals surface area contributed by atoms with Crippen LogP contribution in [0.3, 0.4) is 0 Å². The number of carbonyl (C=O) groups is 2. The van der Waals surface area contributed by atoms with Crippen LogP contribution in [0.2, 0.25) is 0 Å². The summed E-state index contributed by atoms with van der Waals surface area (Å²) in [5.74, 6) is -1.48. The third-order valence-corrected chi connectivity index (χ3v) is 12.6. The van der Waals surface area contributed by atoms with Gasteiger partial charge in [0.1, 0.15) is 12.5 Å². The van der Waals surface area contributed by atoms with Crippen LogP contribution in [0.1, 0.15) is 149 Å². The summed E-state index contributed by atoms with van der Waals surface area (Å²) < 4.78 is 11.0. The van der Waals surface area contributed by atoms with Gasteiger partial charge in [0.25, 0.3) is 0 Å². The molecule has 0 unspecified atom stereocenters. The molecule has 57 heavy (non-hydrogen) atoms. The minimum Gasteiger partial charge on any atom is -0.664 e. The maximum absolute atomic E-state index is 13.6. The zero-order valence-electron chi connectivity index (χ0n) is 35.8. The molecule has 3 aromatic rings. The van der Waals surface area contributed by atoms with Gasteiger partial charge in [-0.1, -0.05) is 111 Å². The first-order valence-electron chi connectivity index (χ1n) is 20.8. The number of fused-ring (bicyclic) bond motifs is 7. The Morgan fingerprint density at radius 2 is 1.60 bits per heavy atom. The molecule has 3 aliphatic rings. The summed E-state index contributed by atoms with van der Waals surface area (Å²) in [7, 11) is 1.34. The number of esters is 2. The van der Waals surface area contributed by atoms with Gasteiger partial charge in [-0.25, -0.2) is 0 Å². The Morgan fingerprint density at radius 3 is 2.28 bits per heavy atom. The quantitative estimate of drug-likeness (QED) is 0.103. The predicted molar refractivity (Wildman–Crippen MR) is 228 cm³/mol. The van der Waals surface area contributed by atoms with Crippen LogP contribution in [0.15, 0.2) is 23.0 Å². The summed E-state index contributed by atoms with van der Waals surface area (Å²) >= 11 is 0. The summed E-state index contributed by atoms with van der Waals surface area (Å²) in [4.78, 5) is 42.2. The second-order valence-corrected chi connectivity index (χ2v) is 16.2. The molecular formula is C47H60MgN4O5-2. The molecule has 6 rings (SSSR count). The molecule has 302 valence electrons. The fourth-order valence-corrected chi connectivity index (χ4v) is 9.15. The Balaban J connectivity index is 0.00000620. The Morgan fingerprint density at radius 1 is 0.895 bits per heavy atom. The maximum Gasteiger partial charge on any atom is 2.00 e. The number of rotatable bonds is 14. The molecule has 0 amide bonds. The van der Waals surface area contributed by atoms with E-state index in [0.29, 0.717) is 34.6 Å². The van der Waals surface area contributed by atoms with Crippen molar-refractivity contribution in [2.75, 3.05) is 13.7 Å². The summed E-state index contributed by atoms with van der Waals surface area (Å²) in [6.07, 6.45) is 15.0. The van der Waals surface area contributed by atoms with Crippen LogP contribution in [0.4, 0.5) is 0 Å². The number of hydrogen-bond acceptors (Lipinski definition) is 5. The number of aliphatic hydroxyl groups is 1. The SMILES string of the molecule is CCC[C@H](C)CCC/C(C)=C/COC(=O)CC[C@@H]1/C2=C3/c4[n-]c(c(C)c4[C@H](O)[C@@H]3C(=O)OC)/C=c3\[n-]/c(c(C)c3CC)=C\c3[n-]c(c(C)c3CC)/C=C(\[N-]2)[C@H]1C.[Mg+2]. The third-order valence-electron chi connectivity index (χ3n) is 12.6. The first-order chi connectivity index (χ1) is 26.8. The van der Waals surface area contributed by atoms with Crippen molar-refractivity contribution in [2.24, 2.45) is 23.7 Å². The van der Waals surface area contributed by atoms with Gasteiger partial charge in [-0.2, -0.15) is 11.4 Å². The average Bonchev–Trinajstić information content (AvgIpc) is 3.91. The zero-order chi connectivity index (χ0) is 40.4. The van der Waals surface area contributed by atoms with Crippen LogP contribution in [0, 0.1) is 44.4 Å². The Hall–Kier alpha value is -3.73. The largest absolute Gasteiger partial charge is 2.00 e. The van der Waals surface area contributed by atoms with E-state index in [1.54, 1.807) is 0 Å². The number of nitrogens with zero attached hydrogens (tertiary/aromatic N) is 4. The van der Waals surface area contributed by atoms with Gasteiger partial charge in [0.2, 0.25) is 0 Å². The smallest absolute Gasteiger partial charge is 0.664 e. The molecule has 1 N–H and O–H groups in total. The molecule has 1 fully saturated rings. The van der Waals surface area contributed by atoms with Crippen molar-refractivity contribution in [3.05, 3.63) is 95.2 Å². The van der Waals surface area contributed by atoms with Crippen LogP contribution in [0.25, 0.3) is 29.1 Å². The van der Waals surface area contributed by atoms with Gasteiger partial charge in [-0.15, -0.1) is 33.5 Å². The zero-order valence-corrected chi connectivity index (χ0v) is 37.3. The monoisotopic (exact) mass is 784 g/mol. The molecule has 3 aromatic heterocycles. The number of hydrogen-bond donors (Lipinski definition) is 1. The minimum atomic E-state index is -1.17. The van der Waals surface area contributed by atoms with Crippen molar-refractivity contribution < 1.29 is 24.2 Å². The van der Waals surface area contributed by atoms with E-state index in [1.807, 2.05) is 25.2 Å². The number of allylic oxidation sites excluding steroid dienone is 3. The summed E-state index contributed by atoms with van der Waals surface area (Å²) in [6, 6.07) is 0. The molecule has 5 atom stereocenters. The van der Waals surface area contributed by atoms with Gasteiger partial charge in [0, 0.05) is 6.42 Å². The van der Waals surface area contributed by atoms with E-state index in [-0.39, 0.29) is 53.9 Å². The summed E-state index contributed by atoms with van der Waals surface area (Å²) in [6.45, 7) is 19.4. The van der Waals surface area contributed by atoms with Crippen molar-refractivity contribution >= 4 is 58.8 Å². The van der Waals surface area contributed by atoms with E-state index in [9.17, 15) is 14.7 Å². The van der Waals surface area contributed by atoms with E-state index in [0.717, 1.165) is 87.2 Å². The fraction of sp³-hybridized carbons (Fsp3) is 0.532. The van der Waals surface area contributed by atoms with Gasteiger partial charge in [-0.05, 0) is 89.2 Å². The molecule has 5 heterocycles. The third kappa shape index (κ3) is 8.83. The van der Waals surface area contributed by atoms with E-state index in [1.165, 1.54) is 31.9 Å². The van der Waals surface area contributed by atoms with Crippen LogP contribution >= 0.6 is 0 Å². The molecule has 2 aliphatic heterocycles. The molecule has 0 aromatic carbocycles. The number of ether oxygens (including phenoxy) is 2. The second kappa shape index (κ2) is 18.9. The molecular weight excluding hydrogens is 725 g/mol. The summed E-state index contributed by atoms with van der Waals surface area (Å²) in [5, 5.41) is 18.9. The number of aliphatic hydroxyl groups excluding tert-OH is 1. The first-order valence-corrected chi connectivity index (χ1v) is 20.8. The molecule has 0 saturated carbocycles. The molecule has 8 bridgehead atoms. The molecule has 9 nitrogen and oxygen atoms in total. The van der Waals surface area contributed by atoms with Gasteiger partial charge in [-0.3, -0.25) is 9.59 Å². The molecule has 10 heteroatoms. The van der Waals surface area contributed by atoms with Crippen LogP contribution in [0.5, 0.6) is 0 Å². The summed E-state index contributed by atoms with van der Waals surface area (Å²) in [5.41, 5.74) is 12.1. The van der Waals surface area contributed by atoms with Gasteiger partial charge >= 0.3 is 35.0 Å². The number of carbonyl (C=O) groups excluding carboxylic acids is 2. The minimum absolute atomic E-state index is 0. The number of aromatic nitrogens is 3. The van der Waals surface area contributed by atoms with Crippen molar-refractivity contribution in [1.29, 1.82) is 0 Å². The molecule has 0 spiro atoms. The standard InChI is InChI=1S/C47H60N4O5.Mg/c1-11-15-25(4)16-14-17-26(5)20-21-56-40(52)19-18-33-29(8)36-22-34-27(6)31(12-2)38(48-34)23-35-28(7)32(13-3)39(49-35)24-37-30(9)41-45(51-37)42(44(33)50-36)43(46(41)53)47(54)55-10;/h20,22-25,29,33,43,46,53H,11-19,21H2,1-10H3;/q-4;+2/b26-20+,35-23-,36-22-,39-24-,44-42-;/t25-,29-,33-,43+,46-;/m0./s1. The molecule has 0 radical (unpaired) electrons. The normalized spacial score (nSPS) is 23.7. The van der Waals surface area contributed by atoms with Crippen LogP contribution < -0.4 is 25.7 Å². The first kappa shape index (κ1) is 44.4. The predicted octanol–water partition coefficient (Wildman–Crippen LogP) is 7.30. The molecule has 1 saturated heterocycles. The maximum atomic E-state index is 13.6. The average molecular weight is 785 g/mol. The van der Waals surface area contributed by atoms with Crippen LogP contribution in [-0.4, -0.2) is 53.8 Å². The Kier molecular flexibility index (Phi) is 14.7. The Bertz CT molecular complexity index is 2200. The fourth-order valence-electron chi connectivity index (χ4n) is 9.15. The topological polar surface area (TPSA) is 129 Å². The van der Waals surface area contributed by atoms with Crippen molar-refractivity contribution in [3.63, 3.8) is 0 Å². The van der Waals surface area contributed by atoms with Crippen molar-refractivity contribution in [1.82, 2.24) is 15.0 Å². The Labute approximate surface area is 355 Å². The number of methoxy groups -OCH3 is 1. The second-order valence-electron chi connectivity index (χ2n) is 16.2. The van der Waals surface area contributed by atoms with E-state index in [2.05, 4.69) is 61.5 Å². The van der Waals surface area contributed by atoms with Crippen molar-refractivity contribution in [2.45, 2.75) is 126 Å². The molecule has 1 aliphatic carbocycles. The van der Waals surface area contributed by atoms with Crippen LogP contribution in [-0.2, 0) is 31.9 Å². The van der Waals surface area contributed by atoms with Crippen molar-refractivity contribution in [3.8, 4) is 0 Å². The van der Waals surface area contributed by atoms with Gasteiger partial charge in [0.05, 0.1) is 13.2 Å². The van der Waals surface area contributed by atoms with Gasteiger partial charge in [0.15, 0.2) is 0 Å². The van der Waals surface area contributed by atoms with E-state index >= 15 is 0 Å². The van der Waals surface area contributed by atoms with E-state index < -0.39 is 18.0 Å². The van der Waals surface area contributed by atoms with E-state index in [4.69, 9.17) is 29.7 Å². The van der Waals surface area contributed by atoms with Gasteiger partial charge < -0.3 is 34.8 Å².